The Morgan fingerprint density at radius 1 is 1.31 bits per heavy atom. The first-order valence-electron chi connectivity index (χ1n) is 4.28. The molecule has 1 aromatic carbocycles. The normalized spacial score (nSPS) is 10.6. The molecular formula is C11H11NO. The van der Waals surface area contributed by atoms with Gasteiger partial charge in [0.1, 0.15) is 0 Å². The molecule has 66 valence electrons. The van der Waals surface area contributed by atoms with E-state index in [-0.39, 0.29) is 5.91 Å². The summed E-state index contributed by atoms with van der Waals surface area (Å²) in [5.74, 6) is 0.0636. The van der Waals surface area contributed by atoms with Gasteiger partial charge in [-0.1, -0.05) is 24.3 Å². The van der Waals surface area contributed by atoms with Crippen LogP contribution < -0.4 is 0 Å². The van der Waals surface area contributed by atoms with Crippen LogP contribution in [0.25, 0.3) is 10.8 Å². The molecule has 0 fully saturated rings. The molecule has 0 saturated heterocycles. The van der Waals surface area contributed by atoms with E-state index >= 15 is 0 Å². The van der Waals surface area contributed by atoms with E-state index in [0.717, 1.165) is 16.5 Å². The molecular weight excluding hydrogens is 162 g/mol. The third kappa shape index (κ3) is 1.15. The SMILES string of the molecule is CC(=O)n1cc2ccccc2c1C. The van der Waals surface area contributed by atoms with Crippen molar-refractivity contribution in [2.45, 2.75) is 13.8 Å². The Morgan fingerprint density at radius 2 is 2.00 bits per heavy atom. The highest BCUT2D eigenvalue weighted by molar-refractivity contribution is 5.91. The van der Waals surface area contributed by atoms with Gasteiger partial charge in [0, 0.05) is 29.6 Å². The summed E-state index contributed by atoms with van der Waals surface area (Å²) in [5, 5.41) is 2.27. The molecule has 0 N–H and O–H groups in total. The van der Waals surface area contributed by atoms with E-state index in [9.17, 15) is 4.79 Å². The maximum atomic E-state index is 11.2. The van der Waals surface area contributed by atoms with Crippen LogP contribution in [0.15, 0.2) is 30.5 Å². The fraction of sp³-hybridized carbons (Fsp3) is 0.182. The van der Waals surface area contributed by atoms with E-state index in [4.69, 9.17) is 0 Å². The molecule has 13 heavy (non-hydrogen) atoms. The third-order valence-electron chi connectivity index (χ3n) is 2.32. The molecule has 2 nitrogen and oxygen atoms in total. The maximum absolute atomic E-state index is 11.2. The van der Waals surface area contributed by atoms with Gasteiger partial charge in [-0.3, -0.25) is 9.36 Å². The maximum Gasteiger partial charge on any atom is 0.227 e. The molecule has 1 aromatic heterocycles. The van der Waals surface area contributed by atoms with Crippen molar-refractivity contribution in [1.29, 1.82) is 0 Å². The van der Waals surface area contributed by atoms with Crippen molar-refractivity contribution in [2.24, 2.45) is 0 Å². The van der Waals surface area contributed by atoms with Crippen molar-refractivity contribution >= 4 is 16.7 Å². The summed E-state index contributed by atoms with van der Waals surface area (Å²) in [4.78, 5) is 11.2. The first kappa shape index (κ1) is 8.05. The van der Waals surface area contributed by atoms with Crippen molar-refractivity contribution < 1.29 is 4.79 Å². The van der Waals surface area contributed by atoms with Crippen LogP contribution in [0.1, 0.15) is 17.4 Å². The fourth-order valence-corrected chi connectivity index (χ4v) is 1.63. The minimum Gasteiger partial charge on any atom is -0.291 e. The van der Waals surface area contributed by atoms with E-state index in [0.29, 0.717) is 0 Å². The van der Waals surface area contributed by atoms with Gasteiger partial charge in [0.15, 0.2) is 0 Å². The van der Waals surface area contributed by atoms with Crippen molar-refractivity contribution in [3.8, 4) is 0 Å². The summed E-state index contributed by atoms with van der Waals surface area (Å²) in [6.45, 7) is 3.54. The van der Waals surface area contributed by atoms with Crippen LogP contribution in [0.2, 0.25) is 0 Å². The number of aryl methyl sites for hydroxylation is 1. The van der Waals surface area contributed by atoms with E-state index < -0.39 is 0 Å². The standard InChI is InChI=1S/C11H11NO/c1-8-11-6-4-3-5-10(11)7-12(8)9(2)13/h3-7H,1-2H3. The number of hydrogen-bond acceptors (Lipinski definition) is 1. The van der Waals surface area contributed by atoms with Crippen LogP contribution in [-0.2, 0) is 0 Å². The highest BCUT2D eigenvalue weighted by atomic mass is 16.1. The van der Waals surface area contributed by atoms with Crippen LogP contribution in [0.4, 0.5) is 0 Å². The Hall–Kier alpha value is -1.57. The summed E-state index contributed by atoms with van der Waals surface area (Å²) in [6.07, 6.45) is 1.88. The predicted molar refractivity (Wildman–Crippen MR) is 53.0 cm³/mol. The van der Waals surface area contributed by atoms with Gasteiger partial charge in [-0.25, -0.2) is 0 Å². The lowest BCUT2D eigenvalue weighted by Gasteiger charge is -1.97. The van der Waals surface area contributed by atoms with Gasteiger partial charge in [0.25, 0.3) is 0 Å². The molecule has 0 saturated carbocycles. The average molecular weight is 173 g/mol. The minimum absolute atomic E-state index is 0.0636. The smallest absolute Gasteiger partial charge is 0.227 e. The number of fused-ring (bicyclic) bond motifs is 1. The molecule has 0 aliphatic rings. The molecule has 2 rings (SSSR count). The van der Waals surface area contributed by atoms with Gasteiger partial charge >= 0.3 is 0 Å². The summed E-state index contributed by atoms with van der Waals surface area (Å²) < 4.78 is 1.69. The number of rotatable bonds is 0. The average Bonchev–Trinajstić information content (AvgIpc) is 2.45. The number of nitrogens with zero attached hydrogens (tertiary/aromatic N) is 1. The van der Waals surface area contributed by atoms with Crippen molar-refractivity contribution in [1.82, 2.24) is 4.57 Å². The molecule has 0 atom stereocenters. The zero-order valence-electron chi connectivity index (χ0n) is 7.74. The zero-order valence-corrected chi connectivity index (χ0v) is 7.74. The van der Waals surface area contributed by atoms with Crippen molar-refractivity contribution in [3.63, 3.8) is 0 Å². The van der Waals surface area contributed by atoms with Gasteiger partial charge in [-0.15, -0.1) is 0 Å². The number of benzene rings is 1. The molecule has 1 heterocycles. The molecule has 0 spiro atoms. The monoisotopic (exact) mass is 173 g/mol. The highest BCUT2D eigenvalue weighted by Crippen LogP contribution is 2.19. The molecule has 0 bridgehead atoms. The second-order valence-corrected chi connectivity index (χ2v) is 3.19. The largest absolute Gasteiger partial charge is 0.291 e. The predicted octanol–water partition coefficient (Wildman–Crippen LogP) is 2.61. The van der Waals surface area contributed by atoms with Crippen molar-refractivity contribution in [2.75, 3.05) is 0 Å². The summed E-state index contributed by atoms with van der Waals surface area (Å²) in [5.41, 5.74) is 1.02. The topological polar surface area (TPSA) is 22.0 Å². The Bertz CT molecular complexity index is 468. The van der Waals surface area contributed by atoms with E-state index in [1.54, 1.807) is 11.5 Å². The van der Waals surface area contributed by atoms with Crippen molar-refractivity contribution in [3.05, 3.63) is 36.2 Å². The Balaban J connectivity index is 2.81. The van der Waals surface area contributed by atoms with Gasteiger partial charge in [-0.2, -0.15) is 0 Å². The Kier molecular flexibility index (Phi) is 1.69. The molecule has 2 aromatic rings. The van der Waals surface area contributed by atoms with E-state index in [1.807, 2.05) is 37.4 Å². The quantitative estimate of drug-likeness (QED) is 0.600. The highest BCUT2D eigenvalue weighted by Gasteiger charge is 2.06. The molecule has 0 aliphatic carbocycles. The summed E-state index contributed by atoms with van der Waals surface area (Å²) in [7, 11) is 0. The first-order chi connectivity index (χ1) is 6.20. The third-order valence-corrected chi connectivity index (χ3v) is 2.32. The summed E-state index contributed by atoms with van der Waals surface area (Å²) in [6, 6.07) is 8.01. The lowest BCUT2D eigenvalue weighted by molar-refractivity contribution is 0.0935. The lowest BCUT2D eigenvalue weighted by Crippen LogP contribution is -2.04. The molecule has 0 aliphatic heterocycles. The van der Waals surface area contributed by atoms with Gasteiger partial charge < -0.3 is 0 Å². The van der Waals surface area contributed by atoms with Crippen LogP contribution in [0.5, 0.6) is 0 Å². The minimum atomic E-state index is 0.0636. The van der Waals surface area contributed by atoms with E-state index in [1.165, 1.54) is 0 Å². The number of hydrogen-bond donors (Lipinski definition) is 0. The number of aromatic nitrogens is 1. The number of carbonyl (C=O) groups is 1. The molecule has 0 radical (unpaired) electrons. The second-order valence-electron chi connectivity index (χ2n) is 3.19. The van der Waals surface area contributed by atoms with Gasteiger partial charge in [-0.05, 0) is 6.92 Å². The number of carbonyl (C=O) groups excluding carboxylic acids is 1. The lowest BCUT2D eigenvalue weighted by atomic mass is 10.2. The Morgan fingerprint density at radius 3 is 2.62 bits per heavy atom. The van der Waals surface area contributed by atoms with Gasteiger partial charge in [0.2, 0.25) is 5.91 Å². The summed E-state index contributed by atoms with van der Waals surface area (Å²) >= 11 is 0. The van der Waals surface area contributed by atoms with Crippen LogP contribution in [0, 0.1) is 6.92 Å². The molecule has 0 unspecified atom stereocenters. The fourth-order valence-electron chi connectivity index (χ4n) is 1.63. The first-order valence-corrected chi connectivity index (χ1v) is 4.28. The second kappa shape index (κ2) is 2.73. The zero-order chi connectivity index (χ0) is 9.42. The Labute approximate surface area is 76.8 Å². The van der Waals surface area contributed by atoms with Gasteiger partial charge in [0.05, 0.1) is 0 Å². The van der Waals surface area contributed by atoms with E-state index in [2.05, 4.69) is 0 Å². The molecule has 0 amide bonds. The van der Waals surface area contributed by atoms with Crippen LogP contribution in [0.3, 0.4) is 0 Å². The van der Waals surface area contributed by atoms with Crippen LogP contribution in [-0.4, -0.2) is 10.5 Å². The van der Waals surface area contributed by atoms with Crippen LogP contribution >= 0.6 is 0 Å². The molecule has 2 heteroatoms.